The van der Waals surface area contributed by atoms with E-state index in [0.29, 0.717) is 23.6 Å². The van der Waals surface area contributed by atoms with Crippen molar-refractivity contribution in [3.05, 3.63) is 58.6 Å². The number of hydrogen-bond donors (Lipinski definition) is 2. The smallest absolute Gasteiger partial charge is 0.259 e. The Morgan fingerprint density at radius 3 is 2.48 bits per heavy atom. The molecular weight excluding hydrogens is 418 g/mol. The van der Waals surface area contributed by atoms with Crippen molar-refractivity contribution in [2.24, 2.45) is 0 Å². The molecule has 0 aliphatic carbocycles. The van der Waals surface area contributed by atoms with E-state index in [0.717, 1.165) is 0 Å². The summed E-state index contributed by atoms with van der Waals surface area (Å²) < 4.78 is 27.1. The average Bonchev–Trinajstić information content (AvgIpc) is 3.28. The Labute approximate surface area is 171 Å². The van der Waals surface area contributed by atoms with Crippen molar-refractivity contribution in [3.8, 4) is 0 Å². The third-order valence-electron chi connectivity index (χ3n) is 4.93. The quantitative estimate of drug-likeness (QED) is 0.716. The van der Waals surface area contributed by atoms with Crippen LogP contribution in [0, 0.1) is 0 Å². The SMILES string of the molecule is O=C1NC(=O)c2cc(NC(=O)[C@H]3CCCN3S(=O)(=O)c3ccc(Cl)cc3)ccc21. The lowest BCUT2D eigenvalue weighted by Gasteiger charge is -2.23. The van der Waals surface area contributed by atoms with Crippen molar-refractivity contribution in [1.82, 2.24) is 9.62 Å². The van der Waals surface area contributed by atoms with Gasteiger partial charge in [0.25, 0.3) is 11.8 Å². The summed E-state index contributed by atoms with van der Waals surface area (Å²) in [4.78, 5) is 36.3. The molecule has 8 nitrogen and oxygen atoms in total. The largest absolute Gasteiger partial charge is 0.325 e. The Kier molecular flexibility index (Phi) is 4.89. The number of benzene rings is 2. The highest BCUT2D eigenvalue weighted by atomic mass is 35.5. The van der Waals surface area contributed by atoms with E-state index in [1.807, 2.05) is 0 Å². The van der Waals surface area contributed by atoms with E-state index < -0.39 is 33.8 Å². The van der Waals surface area contributed by atoms with Crippen LogP contribution in [0.2, 0.25) is 5.02 Å². The number of nitrogens with zero attached hydrogens (tertiary/aromatic N) is 1. The van der Waals surface area contributed by atoms with Crippen LogP contribution in [0.4, 0.5) is 5.69 Å². The summed E-state index contributed by atoms with van der Waals surface area (Å²) in [6.07, 6.45) is 0.925. The minimum Gasteiger partial charge on any atom is -0.325 e. The second-order valence-electron chi connectivity index (χ2n) is 6.76. The second kappa shape index (κ2) is 7.25. The fourth-order valence-corrected chi connectivity index (χ4v) is 5.29. The van der Waals surface area contributed by atoms with E-state index in [-0.39, 0.29) is 22.6 Å². The Morgan fingerprint density at radius 2 is 1.76 bits per heavy atom. The number of carbonyl (C=O) groups excluding carboxylic acids is 3. The van der Waals surface area contributed by atoms with Crippen molar-refractivity contribution >= 4 is 45.0 Å². The number of sulfonamides is 1. The third-order valence-corrected chi connectivity index (χ3v) is 7.10. The third kappa shape index (κ3) is 3.52. The van der Waals surface area contributed by atoms with E-state index >= 15 is 0 Å². The van der Waals surface area contributed by atoms with E-state index in [4.69, 9.17) is 11.6 Å². The van der Waals surface area contributed by atoms with Gasteiger partial charge in [-0.15, -0.1) is 0 Å². The molecule has 0 aromatic heterocycles. The zero-order valence-corrected chi connectivity index (χ0v) is 16.6. The van der Waals surface area contributed by atoms with Gasteiger partial charge in [-0.3, -0.25) is 19.7 Å². The van der Waals surface area contributed by atoms with Crippen LogP contribution in [0.3, 0.4) is 0 Å². The molecule has 2 N–H and O–H groups in total. The lowest BCUT2D eigenvalue weighted by atomic mass is 10.1. The molecule has 0 saturated carbocycles. The van der Waals surface area contributed by atoms with Crippen LogP contribution in [0.1, 0.15) is 33.6 Å². The van der Waals surface area contributed by atoms with Gasteiger partial charge in [0.05, 0.1) is 16.0 Å². The van der Waals surface area contributed by atoms with Crippen molar-refractivity contribution in [1.29, 1.82) is 0 Å². The lowest BCUT2D eigenvalue weighted by molar-refractivity contribution is -0.119. The highest BCUT2D eigenvalue weighted by molar-refractivity contribution is 7.89. The van der Waals surface area contributed by atoms with Gasteiger partial charge >= 0.3 is 0 Å². The number of imide groups is 1. The van der Waals surface area contributed by atoms with Gasteiger partial charge in [-0.2, -0.15) is 4.31 Å². The highest BCUT2D eigenvalue weighted by Gasteiger charge is 2.39. The van der Waals surface area contributed by atoms with Crippen LogP contribution in [0.15, 0.2) is 47.4 Å². The molecule has 1 fully saturated rings. The molecule has 2 aromatic rings. The predicted octanol–water partition coefficient (Wildman–Crippen LogP) is 2.02. The molecular formula is C19H16ClN3O5S. The van der Waals surface area contributed by atoms with Crippen molar-refractivity contribution in [3.63, 3.8) is 0 Å². The minimum absolute atomic E-state index is 0.0642. The number of carbonyl (C=O) groups is 3. The number of amides is 3. The van der Waals surface area contributed by atoms with Gasteiger partial charge in [0.1, 0.15) is 6.04 Å². The van der Waals surface area contributed by atoms with Crippen molar-refractivity contribution < 1.29 is 22.8 Å². The average molecular weight is 434 g/mol. The molecule has 3 amide bonds. The Hall–Kier alpha value is -2.75. The highest BCUT2D eigenvalue weighted by Crippen LogP contribution is 2.28. The molecule has 2 aliphatic heterocycles. The molecule has 2 heterocycles. The Balaban J connectivity index is 1.56. The standard InChI is InChI=1S/C19H16ClN3O5S/c20-11-3-6-13(7-4-11)29(27,28)23-9-1-2-16(23)19(26)21-12-5-8-14-15(10-12)18(25)22-17(14)24/h3-8,10,16H,1-2,9H2,(H,21,26)(H,22,24,25)/t16-/m1/s1. The maximum atomic E-state index is 13.0. The molecule has 2 aliphatic rings. The van der Waals surface area contributed by atoms with Crippen molar-refractivity contribution in [2.45, 2.75) is 23.8 Å². The van der Waals surface area contributed by atoms with E-state index in [1.165, 1.54) is 46.8 Å². The molecule has 0 bridgehead atoms. The fourth-order valence-electron chi connectivity index (χ4n) is 3.50. The van der Waals surface area contributed by atoms with Gasteiger partial charge in [0.2, 0.25) is 15.9 Å². The van der Waals surface area contributed by atoms with Gasteiger partial charge in [-0.25, -0.2) is 8.42 Å². The zero-order chi connectivity index (χ0) is 20.8. The molecule has 150 valence electrons. The predicted molar refractivity (Wildman–Crippen MR) is 105 cm³/mol. The number of hydrogen-bond acceptors (Lipinski definition) is 5. The molecule has 4 rings (SSSR count). The Bertz CT molecular complexity index is 1130. The first-order chi connectivity index (χ1) is 13.8. The van der Waals surface area contributed by atoms with Crippen LogP contribution in [0.25, 0.3) is 0 Å². The summed E-state index contributed by atoms with van der Waals surface area (Å²) >= 11 is 5.83. The number of rotatable bonds is 4. The molecule has 10 heteroatoms. The van der Waals surface area contributed by atoms with E-state index in [2.05, 4.69) is 10.6 Å². The fraction of sp³-hybridized carbons (Fsp3) is 0.211. The monoisotopic (exact) mass is 433 g/mol. The van der Waals surface area contributed by atoms with Crippen LogP contribution >= 0.6 is 11.6 Å². The van der Waals surface area contributed by atoms with Gasteiger partial charge < -0.3 is 5.32 Å². The first-order valence-corrected chi connectivity index (χ1v) is 10.7. The maximum Gasteiger partial charge on any atom is 0.259 e. The van der Waals surface area contributed by atoms with Crippen molar-refractivity contribution in [2.75, 3.05) is 11.9 Å². The van der Waals surface area contributed by atoms with Crippen LogP contribution < -0.4 is 10.6 Å². The second-order valence-corrected chi connectivity index (χ2v) is 9.09. The van der Waals surface area contributed by atoms with Gasteiger partial charge in [-0.1, -0.05) is 11.6 Å². The molecule has 29 heavy (non-hydrogen) atoms. The summed E-state index contributed by atoms with van der Waals surface area (Å²) in [5.74, 6) is -1.52. The number of nitrogens with one attached hydrogen (secondary N) is 2. The number of fused-ring (bicyclic) bond motifs is 1. The number of halogens is 1. The van der Waals surface area contributed by atoms with Crippen LogP contribution in [0.5, 0.6) is 0 Å². The van der Waals surface area contributed by atoms with E-state index in [1.54, 1.807) is 0 Å². The molecule has 2 aromatic carbocycles. The normalized spacial score (nSPS) is 19.1. The molecule has 0 unspecified atom stereocenters. The molecule has 1 atom stereocenters. The van der Waals surface area contributed by atoms with Gasteiger partial charge in [0, 0.05) is 17.3 Å². The topological polar surface area (TPSA) is 113 Å². The summed E-state index contributed by atoms with van der Waals surface area (Å²) in [5.41, 5.74) is 0.722. The summed E-state index contributed by atoms with van der Waals surface area (Å²) in [7, 11) is -3.86. The molecule has 0 spiro atoms. The van der Waals surface area contributed by atoms with Gasteiger partial charge in [-0.05, 0) is 55.3 Å². The minimum atomic E-state index is -3.86. The number of anilines is 1. The summed E-state index contributed by atoms with van der Waals surface area (Å²) in [5, 5.41) is 5.25. The summed E-state index contributed by atoms with van der Waals surface area (Å²) in [6, 6.07) is 9.25. The van der Waals surface area contributed by atoms with Crippen LogP contribution in [-0.4, -0.2) is 43.0 Å². The van der Waals surface area contributed by atoms with Crippen LogP contribution in [-0.2, 0) is 14.8 Å². The van der Waals surface area contributed by atoms with Gasteiger partial charge in [0.15, 0.2) is 0 Å². The Morgan fingerprint density at radius 1 is 1.07 bits per heavy atom. The zero-order valence-electron chi connectivity index (χ0n) is 15.0. The lowest BCUT2D eigenvalue weighted by Crippen LogP contribution is -2.43. The molecule has 1 saturated heterocycles. The van der Waals surface area contributed by atoms with E-state index in [9.17, 15) is 22.8 Å². The summed E-state index contributed by atoms with van der Waals surface area (Å²) in [6.45, 7) is 0.226. The molecule has 0 radical (unpaired) electrons. The first kappa shape index (κ1) is 19.6. The maximum absolute atomic E-state index is 13.0. The first-order valence-electron chi connectivity index (χ1n) is 8.85.